The number of piperazine rings is 1. The molecule has 6 aromatic rings. The summed E-state index contributed by atoms with van der Waals surface area (Å²) in [4.78, 5) is 34.5. The molecule has 1 amide bonds. The Balaban J connectivity index is 1.18. The Hall–Kier alpha value is -4.95. The summed E-state index contributed by atoms with van der Waals surface area (Å²) < 4.78 is 0. The van der Waals surface area contributed by atoms with E-state index in [9.17, 15) is 4.79 Å². The average molecular weight is 540 g/mol. The van der Waals surface area contributed by atoms with Crippen molar-refractivity contribution in [2.24, 2.45) is 0 Å². The van der Waals surface area contributed by atoms with Crippen LogP contribution in [0.4, 0.5) is 5.69 Å². The lowest BCUT2D eigenvalue weighted by molar-refractivity contribution is 0.0945. The summed E-state index contributed by atoms with van der Waals surface area (Å²) in [5.41, 5.74) is 9.89. The molecule has 202 valence electrons. The highest BCUT2D eigenvalue weighted by atomic mass is 16.1. The number of fused-ring (bicyclic) bond motifs is 5. The number of pyridine rings is 1. The van der Waals surface area contributed by atoms with Gasteiger partial charge in [0.15, 0.2) is 0 Å². The van der Waals surface area contributed by atoms with Crippen molar-refractivity contribution in [1.29, 1.82) is 0 Å². The lowest BCUT2D eigenvalue weighted by Gasteiger charge is -2.34. The summed E-state index contributed by atoms with van der Waals surface area (Å²) in [7, 11) is 2.17. The van der Waals surface area contributed by atoms with Crippen LogP contribution in [0.2, 0.25) is 0 Å². The first-order valence-corrected chi connectivity index (χ1v) is 14.0. The van der Waals surface area contributed by atoms with Crippen LogP contribution in [0.5, 0.6) is 0 Å². The molecular weight excluding hydrogens is 510 g/mol. The van der Waals surface area contributed by atoms with Crippen molar-refractivity contribution in [2.75, 3.05) is 38.1 Å². The SMILES string of the molecule is CN1CCN(c2ccc3nc(-c4cccc5c4-c4ccccc4C5NC(=O)c4ccnc5[nH]ccc45)[nH]c3c2)CC1. The number of nitrogens with zero attached hydrogens (tertiary/aromatic N) is 4. The third kappa shape index (κ3) is 3.90. The summed E-state index contributed by atoms with van der Waals surface area (Å²) >= 11 is 0. The predicted molar refractivity (Wildman–Crippen MR) is 162 cm³/mol. The molecule has 0 radical (unpaired) electrons. The molecule has 0 spiro atoms. The van der Waals surface area contributed by atoms with Crippen molar-refractivity contribution in [3.05, 3.63) is 102 Å². The summed E-state index contributed by atoms with van der Waals surface area (Å²) in [6.45, 7) is 4.18. The number of likely N-dealkylation sites (N-methyl/N-ethyl adjacent to an activating group) is 1. The third-order valence-electron chi connectivity index (χ3n) is 8.52. The number of amides is 1. The first kappa shape index (κ1) is 23.9. The maximum absolute atomic E-state index is 13.6. The van der Waals surface area contributed by atoms with Gasteiger partial charge in [0.05, 0.1) is 22.6 Å². The van der Waals surface area contributed by atoms with Crippen molar-refractivity contribution >= 4 is 33.7 Å². The molecule has 2 aliphatic rings. The fourth-order valence-corrected chi connectivity index (χ4v) is 6.36. The van der Waals surface area contributed by atoms with Crippen LogP contribution in [-0.2, 0) is 0 Å². The van der Waals surface area contributed by atoms with E-state index >= 15 is 0 Å². The topological polar surface area (TPSA) is 92.9 Å². The number of aromatic nitrogens is 4. The predicted octanol–water partition coefficient (Wildman–Crippen LogP) is 5.36. The molecule has 3 aromatic carbocycles. The Morgan fingerprint density at radius 1 is 0.927 bits per heavy atom. The van der Waals surface area contributed by atoms with Crippen LogP contribution in [0.15, 0.2) is 85.2 Å². The lowest BCUT2D eigenvalue weighted by Crippen LogP contribution is -2.44. The van der Waals surface area contributed by atoms with Crippen molar-refractivity contribution in [2.45, 2.75) is 6.04 Å². The second-order valence-electron chi connectivity index (χ2n) is 10.9. The highest BCUT2D eigenvalue weighted by Crippen LogP contribution is 2.47. The molecule has 1 saturated heterocycles. The second kappa shape index (κ2) is 9.31. The van der Waals surface area contributed by atoms with Crippen molar-refractivity contribution < 1.29 is 4.79 Å². The molecule has 8 rings (SSSR count). The van der Waals surface area contributed by atoms with Gasteiger partial charge in [0, 0.05) is 55.2 Å². The van der Waals surface area contributed by atoms with Gasteiger partial charge in [-0.2, -0.15) is 0 Å². The number of benzene rings is 3. The van der Waals surface area contributed by atoms with Gasteiger partial charge in [0.1, 0.15) is 11.5 Å². The summed E-state index contributed by atoms with van der Waals surface area (Å²) in [6, 6.07) is 24.5. The molecule has 0 saturated carbocycles. The number of anilines is 1. The maximum Gasteiger partial charge on any atom is 0.252 e. The third-order valence-corrected chi connectivity index (χ3v) is 8.52. The molecule has 3 N–H and O–H groups in total. The van der Waals surface area contributed by atoms with Crippen LogP contribution >= 0.6 is 0 Å². The molecule has 1 atom stereocenters. The Morgan fingerprint density at radius 3 is 2.66 bits per heavy atom. The normalized spacial score (nSPS) is 16.7. The van der Waals surface area contributed by atoms with Gasteiger partial charge in [0.25, 0.3) is 5.91 Å². The number of carbonyl (C=O) groups excluding carboxylic acids is 1. The van der Waals surface area contributed by atoms with Gasteiger partial charge >= 0.3 is 0 Å². The van der Waals surface area contributed by atoms with Crippen LogP contribution < -0.4 is 10.2 Å². The minimum absolute atomic E-state index is 0.129. The van der Waals surface area contributed by atoms with Gasteiger partial charge < -0.3 is 25.1 Å². The standard InChI is InChI=1S/C33H29N7O/c1-39-15-17-40(18-16-39)20-9-10-27-28(19-20)37-32(36-27)26-8-4-7-25-29(26)21-5-2-3-6-22(21)30(25)38-33(41)24-12-14-35-31-23(24)11-13-34-31/h2-14,19,30H,15-18H2,1H3,(H,34,35)(H,36,37)(H,38,41). The molecule has 4 heterocycles. The fourth-order valence-electron chi connectivity index (χ4n) is 6.36. The van der Waals surface area contributed by atoms with Crippen LogP contribution in [0, 0.1) is 0 Å². The quantitative estimate of drug-likeness (QED) is 0.281. The monoisotopic (exact) mass is 539 g/mol. The number of nitrogens with one attached hydrogen (secondary N) is 3. The number of carbonyl (C=O) groups is 1. The Labute approximate surface area is 237 Å². The molecule has 1 fully saturated rings. The number of aromatic amines is 2. The van der Waals surface area contributed by atoms with Gasteiger partial charge in [-0.3, -0.25) is 4.79 Å². The zero-order chi connectivity index (χ0) is 27.5. The maximum atomic E-state index is 13.6. The molecular formula is C33H29N7O. The van der Waals surface area contributed by atoms with E-state index in [1.165, 1.54) is 5.69 Å². The van der Waals surface area contributed by atoms with Crippen molar-refractivity contribution in [3.8, 4) is 22.5 Å². The number of H-pyrrole nitrogens is 2. The van der Waals surface area contributed by atoms with E-state index in [-0.39, 0.29) is 11.9 Å². The Bertz CT molecular complexity index is 1950. The van der Waals surface area contributed by atoms with Gasteiger partial charge in [-0.15, -0.1) is 0 Å². The van der Waals surface area contributed by atoms with Crippen LogP contribution in [-0.4, -0.2) is 64.0 Å². The highest BCUT2D eigenvalue weighted by Gasteiger charge is 2.32. The van der Waals surface area contributed by atoms with Gasteiger partial charge in [-0.05, 0) is 59.6 Å². The van der Waals surface area contributed by atoms with E-state index < -0.39 is 0 Å². The van der Waals surface area contributed by atoms with Crippen molar-refractivity contribution in [3.63, 3.8) is 0 Å². The molecule has 1 aliphatic heterocycles. The van der Waals surface area contributed by atoms with Crippen molar-refractivity contribution in [1.82, 2.24) is 30.2 Å². The number of rotatable bonds is 4. The molecule has 8 nitrogen and oxygen atoms in total. The van der Waals surface area contributed by atoms with E-state index in [1.807, 2.05) is 18.3 Å². The number of hydrogen-bond donors (Lipinski definition) is 3. The summed E-state index contributed by atoms with van der Waals surface area (Å²) in [5.74, 6) is 0.701. The van der Waals surface area contributed by atoms with E-state index in [0.29, 0.717) is 11.2 Å². The van der Waals surface area contributed by atoms with Crippen LogP contribution in [0.3, 0.4) is 0 Å². The zero-order valence-corrected chi connectivity index (χ0v) is 22.7. The van der Waals surface area contributed by atoms with E-state index in [0.717, 1.165) is 76.2 Å². The number of imidazole rings is 1. The Kier molecular flexibility index (Phi) is 5.43. The van der Waals surface area contributed by atoms with Gasteiger partial charge in [0.2, 0.25) is 0 Å². The first-order valence-electron chi connectivity index (χ1n) is 14.0. The summed E-state index contributed by atoms with van der Waals surface area (Å²) in [6.07, 6.45) is 3.47. The van der Waals surface area contributed by atoms with Crippen LogP contribution in [0.25, 0.3) is 44.6 Å². The van der Waals surface area contributed by atoms with Gasteiger partial charge in [-0.25, -0.2) is 9.97 Å². The molecule has 8 heteroatoms. The molecule has 0 bridgehead atoms. The smallest absolute Gasteiger partial charge is 0.252 e. The van der Waals surface area contributed by atoms with E-state index in [1.54, 1.807) is 12.3 Å². The number of hydrogen-bond acceptors (Lipinski definition) is 5. The molecule has 1 aliphatic carbocycles. The van der Waals surface area contributed by atoms with E-state index in [4.69, 9.17) is 4.98 Å². The lowest BCUT2D eigenvalue weighted by atomic mass is 9.98. The first-order chi connectivity index (χ1) is 20.1. The summed E-state index contributed by atoms with van der Waals surface area (Å²) in [5, 5.41) is 4.13. The zero-order valence-electron chi connectivity index (χ0n) is 22.7. The largest absolute Gasteiger partial charge is 0.369 e. The average Bonchev–Trinajstić information content (AvgIpc) is 3.73. The fraction of sp³-hybridized carbons (Fsp3) is 0.182. The second-order valence-corrected chi connectivity index (χ2v) is 10.9. The van der Waals surface area contributed by atoms with E-state index in [2.05, 4.69) is 91.7 Å². The molecule has 41 heavy (non-hydrogen) atoms. The van der Waals surface area contributed by atoms with Crippen LogP contribution in [0.1, 0.15) is 27.5 Å². The minimum Gasteiger partial charge on any atom is -0.369 e. The Morgan fingerprint density at radius 2 is 1.76 bits per heavy atom. The molecule has 3 aromatic heterocycles. The molecule has 1 unspecified atom stereocenters. The van der Waals surface area contributed by atoms with Gasteiger partial charge in [-0.1, -0.05) is 42.5 Å². The highest BCUT2D eigenvalue weighted by molar-refractivity contribution is 6.06. The minimum atomic E-state index is -0.274.